The minimum atomic E-state index is 0.228. The van der Waals surface area contributed by atoms with E-state index in [0.29, 0.717) is 0 Å². The summed E-state index contributed by atoms with van der Waals surface area (Å²) in [6.07, 6.45) is 10.9. The Balaban J connectivity index is 1.73. The number of ether oxygens (including phenoxy) is 1. The molecule has 1 heterocycles. The van der Waals surface area contributed by atoms with E-state index in [1.807, 2.05) is 12.3 Å². The predicted octanol–water partition coefficient (Wildman–Crippen LogP) is 2.30. The van der Waals surface area contributed by atoms with Gasteiger partial charge in [-0.15, -0.1) is 0 Å². The van der Waals surface area contributed by atoms with Crippen LogP contribution in [0, 0.1) is 0 Å². The summed E-state index contributed by atoms with van der Waals surface area (Å²) < 4.78 is 5.93. The molecule has 0 aromatic carbocycles. The predicted molar refractivity (Wildman–Crippen MR) is 68.7 cm³/mol. The molecule has 1 aliphatic carbocycles. The minimum absolute atomic E-state index is 0.228. The Morgan fingerprint density at radius 2 is 2.18 bits per heavy atom. The lowest BCUT2D eigenvalue weighted by Gasteiger charge is -2.21. The largest absolute Gasteiger partial charge is 0.376 e. The van der Waals surface area contributed by atoms with Crippen LogP contribution in [-0.2, 0) is 11.2 Å². The zero-order valence-electron chi connectivity index (χ0n) is 10.3. The fourth-order valence-corrected chi connectivity index (χ4v) is 2.38. The van der Waals surface area contributed by atoms with E-state index in [0.717, 1.165) is 25.9 Å². The highest BCUT2D eigenvalue weighted by atomic mass is 16.5. The SMILES string of the molecule is NC1CCCCCC1OCCc1cccnc1. The van der Waals surface area contributed by atoms with Gasteiger partial charge >= 0.3 is 0 Å². The Bertz CT molecular complexity index is 315. The molecule has 2 unspecified atom stereocenters. The summed E-state index contributed by atoms with van der Waals surface area (Å²) in [7, 11) is 0. The first-order valence-corrected chi connectivity index (χ1v) is 6.62. The van der Waals surface area contributed by atoms with E-state index in [1.54, 1.807) is 6.20 Å². The minimum Gasteiger partial charge on any atom is -0.376 e. The molecule has 2 atom stereocenters. The first-order chi connectivity index (χ1) is 8.36. The fraction of sp³-hybridized carbons (Fsp3) is 0.643. The van der Waals surface area contributed by atoms with Crippen molar-refractivity contribution in [1.29, 1.82) is 0 Å². The van der Waals surface area contributed by atoms with E-state index in [-0.39, 0.29) is 12.1 Å². The van der Waals surface area contributed by atoms with Gasteiger partial charge in [0.05, 0.1) is 12.7 Å². The highest BCUT2D eigenvalue weighted by Crippen LogP contribution is 2.19. The van der Waals surface area contributed by atoms with Crippen LogP contribution in [-0.4, -0.2) is 23.7 Å². The second-order valence-electron chi connectivity index (χ2n) is 4.82. The summed E-state index contributed by atoms with van der Waals surface area (Å²) in [4.78, 5) is 4.10. The van der Waals surface area contributed by atoms with Gasteiger partial charge in [0.15, 0.2) is 0 Å². The van der Waals surface area contributed by atoms with Gasteiger partial charge in [-0.3, -0.25) is 4.98 Å². The second-order valence-corrected chi connectivity index (χ2v) is 4.82. The van der Waals surface area contributed by atoms with Crippen molar-refractivity contribution in [2.75, 3.05) is 6.61 Å². The monoisotopic (exact) mass is 234 g/mol. The molecule has 0 saturated heterocycles. The molecule has 1 saturated carbocycles. The van der Waals surface area contributed by atoms with Gasteiger partial charge in [-0.2, -0.15) is 0 Å². The standard InChI is InChI=1S/C14H22N2O/c15-13-6-2-1-3-7-14(13)17-10-8-12-5-4-9-16-11-12/h4-5,9,11,13-14H,1-3,6-8,10,15H2. The van der Waals surface area contributed by atoms with Gasteiger partial charge in [-0.05, 0) is 30.9 Å². The Morgan fingerprint density at radius 1 is 1.29 bits per heavy atom. The quantitative estimate of drug-likeness (QED) is 0.813. The fourth-order valence-electron chi connectivity index (χ4n) is 2.38. The Hall–Kier alpha value is -0.930. The summed E-state index contributed by atoms with van der Waals surface area (Å²) in [5.41, 5.74) is 7.35. The van der Waals surface area contributed by atoms with Crippen LogP contribution in [0.1, 0.15) is 37.7 Å². The van der Waals surface area contributed by atoms with Gasteiger partial charge in [0, 0.05) is 18.4 Å². The van der Waals surface area contributed by atoms with Crippen molar-refractivity contribution in [2.45, 2.75) is 50.7 Å². The van der Waals surface area contributed by atoms with Crippen LogP contribution in [0.25, 0.3) is 0 Å². The zero-order chi connectivity index (χ0) is 11.9. The van der Waals surface area contributed by atoms with Crippen molar-refractivity contribution in [2.24, 2.45) is 5.73 Å². The van der Waals surface area contributed by atoms with Crippen molar-refractivity contribution in [3.8, 4) is 0 Å². The first-order valence-electron chi connectivity index (χ1n) is 6.62. The lowest BCUT2D eigenvalue weighted by atomic mass is 10.1. The number of nitrogens with two attached hydrogens (primary N) is 1. The van der Waals surface area contributed by atoms with E-state index < -0.39 is 0 Å². The normalized spacial score (nSPS) is 25.5. The zero-order valence-corrected chi connectivity index (χ0v) is 10.3. The topological polar surface area (TPSA) is 48.1 Å². The average Bonchev–Trinajstić information content (AvgIpc) is 2.56. The molecule has 2 N–H and O–H groups in total. The van der Waals surface area contributed by atoms with E-state index in [2.05, 4.69) is 11.1 Å². The molecule has 3 nitrogen and oxygen atoms in total. The van der Waals surface area contributed by atoms with Crippen LogP contribution < -0.4 is 5.73 Å². The molecule has 0 amide bonds. The summed E-state index contributed by atoms with van der Waals surface area (Å²) in [5.74, 6) is 0. The van der Waals surface area contributed by atoms with Crippen LogP contribution in [0.3, 0.4) is 0 Å². The van der Waals surface area contributed by atoms with Gasteiger partial charge in [-0.1, -0.05) is 25.3 Å². The Kier molecular flexibility index (Phi) is 4.95. The number of pyridine rings is 1. The van der Waals surface area contributed by atoms with Crippen molar-refractivity contribution >= 4 is 0 Å². The molecule has 0 aliphatic heterocycles. The summed E-state index contributed by atoms with van der Waals surface area (Å²) >= 11 is 0. The van der Waals surface area contributed by atoms with Gasteiger partial charge < -0.3 is 10.5 Å². The van der Waals surface area contributed by atoms with Gasteiger partial charge in [0.2, 0.25) is 0 Å². The molecular weight excluding hydrogens is 212 g/mol. The molecule has 0 radical (unpaired) electrons. The average molecular weight is 234 g/mol. The number of nitrogens with zero attached hydrogens (tertiary/aromatic N) is 1. The number of hydrogen-bond donors (Lipinski definition) is 1. The second kappa shape index (κ2) is 6.72. The number of rotatable bonds is 4. The molecule has 1 fully saturated rings. The molecular formula is C14H22N2O. The van der Waals surface area contributed by atoms with E-state index in [9.17, 15) is 0 Å². The number of hydrogen-bond acceptors (Lipinski definition) is 3. The molecule has 2 rings (SSSR count). The van der Waals surface area contributed by atoms with E-state index in [4.69, 9.17) is 10.5 Å². The maximum Gasteiger partial charge on any atom is 0.0726 e. The molecule has 1 aromatic rings. The molecule has 0 bridgehead atoms. The molecule has 0 spiro atoms. The molecule has 1 aliphatic rings. The van der Waals surface area contributed by atoms with E-state index in [1.165, 1.54) is 24.8 Å². The summed E-state index contributed by atoms with van der Waals surface area (Å²) in [6, 6.07) is 4.28. The van der Waals surface area contributed by atoms with Crippen molar-refractivity contribution in [3.05, 3.63) is 30.1 Å². The maximum atomic E-state index is 6.12. The summed E-state index contributed by atoms with van der Waals surface area (Å²) in [5, 5.41) is 0. The van der Waals surface area contributed by atoms with Crippen molar-refractivity contribution in [1.82, 2.24) is 4.98 Å². The number of aromatic nitrogens is 1. The van der Waals surface area contributed by atoms with Crippen LogP contribution in [0.5, 0.6) is 0 Å². The van der Waals surface area contributed by atoms with Crippen LogP contribution in [0.2, 0.25) is 0 Å². The van der Waals surface area contributed by atoms with Gasteiger partial charge in [0.1, 0.15) is 0 Å². The molecule has 17 heavy (non-hydrogen) atoms. The van der Waals surface area contributed by atoms with Crippen molar-refractivity contribution < 1.29 is 4.74 Å². The smallest absolute Gasteiger partial charge is 0.0726 e. The highest BCUT2D eigenvalue weighted by molar-refractivity contribution is 5.08. The third-order valence-electron chi connectivity index (χ3n) is 3.45. The van der Waals surface area contributed by atoms with E-state index >= 15 is 0 Å². The lowest BCUT2D eigenvalue weighted by Crippen LogP contribution is -2.36. The maximum absolute atomic E-state index is 6.12. The first kappa shape index (κ1) is 12.5. The van der Waals surface area contributed by atoms with Crippen LogP contribution in [0.4, 0.5) is 0 Å². The Morgan fingerprint density at radius 3 is 3.00 bits per heavy atom. The summed E-state index contributed by atoms with van der Waals surface area (Å²) in [6.45, 7) is 0.754. The third kappa shape index (κ3) is 4.10. The molecule has 94 valence electrons. The lowest BCUT2D eigenvalue weighted by molar-refractivity contribution is 0.0331. The van der Waals surface area contributed by atoms with Gasteiger partial charge in [0.25, 0.3) is 0 Å². The van der Waals surface area contributed by atoms with Gasteiger partial charge in [-0.25, -0.2) is 0 Å². The molecule has 3 heteroatoms. The van der Waals surface area contributed by atoms with Crippen LogP contribution >= 0.6 is 0 Å². The van der Waals surface area contributed by atoms with Crippen LogP contribution in [0.15, 0.2) is 24.5 Å². The van der Waals surface area contributed by atoms with Crippen molar-refractivity contribution in [3.63, 3.8) is 0 Å². The highest BCUT2D eigenvalue weighted by Gasteiger charge is 2.20. The molecule has 1 aromatic heterocycles. The Labute approximate surface area is 103 Å². The third-order valence-corrected chi connectivity index (χ3v) is 3.45.